The van der Waals surface area contributed by atoms with Crippen LogP contribution < -0.4 is 5.32 Å². The van der Waals surface area contributed by atoms with Crippen LogP contribution in [-0.2, 0) is 4.74 Å². The summed E-state index contributed by atoms with van der Waals surface area (Å²) in [7, 11) is 0. The number of nitrogens with one attached hydrogen (secondary N) is 1. The number of hydrogen-bond donors (Lipinski definition) is 2. The third-order valence-corrected chi connectivity index (χ3v) is 1.87. The van der Waals surface area contributed by atoms with Crippen molar-refractivity contribution in [3.63, 3.8) is 0 Å². The zero-order chi connectivity index (χ0) is 8.27. The van der Waals surface area contributed by atoms with E-state index in [-0.39, 0.29) is 12.1 Å². The molecule has 2 atom stereocenters. The predicted octanol–water partition coefficient (Wildman–Crippen LogP) is 0.134. The SMILES string of the molecule is CC(C)NC1CCOCC1O. The molecular formula is C8H17NO2. The maximum atomic E-state index is 9.43. The van der Waals surface area contributed by atoms with Crippen molar-refractivity contribution in [1.82, 2.24) is 5.32 Å². The normalized spacial score (nSPS) is 32.7. The van der Waals surface area contributed by atoms with Crippen LogP contribution in [0.3, 0.4) is 0 Å². The minimum atomic E-state index is -0.328. The fraction of sp³-hybridized carbons (Fsp3) is 1.00. The zero-order valence-electron chi connectivity index (χ0n) is 7.21. The number of aliphatic hydroxyl groups is 1. The molecule has 2 unspecified atom stereocenters. The first-order valence-electron chi connectivity index (χ1n) is 4.22. The van der Waals surface area contributed by atoms with Crippen LogP contribution in [0, 0.1) is 0 Å². The van der Waals surface area contributed by atoms with Gasteiger partial charge in [-0.15, -0.1) is 0 Å². The Kier molecular flexibility index (Phi) is 3.30. The van der Waals surface area contributed by atoms with Crippen molar-refractivity contribution in [1.29, 1.82) is 0 Å². The molecule has 0 bridgehead atoms. The Bertz CT molecular complexity index is 117. The van der Waals surface area contributed by atoms with E-state index in [0.717, 1.165) is 13.0 Å². The number of ether oxygens (including phenoxy) is 1. The first kappa shape index (κ1) is 8.97. The van der Waals surface area contributed by atoms with Crippen molar-refractivity contribution >= 4 is 0 Å². The van der Waals surface area contributed by atoms with Gasteiger partial charge < -0.3 is 15.2 Å². The van der Waals surface area contributed by atoms with E-state index in [9.17, 15) is 5.11 Å². The second kappa shape index (κ2) is 4.04. The molecule has 0 aromatic rings. The monoisotopic (exact) mass is 159 g/mol. The molecule has 0 radical (unpaired) electrons. The quantitative estimate of drug-likeness (QED) is 0.602. The summed E-state index contributed by atoms with van der Waals surface area (Å²) in [6.45, 7) is 5.41. The maximum absolute atomic E-state index is 9.43. The lowest BCUT2D eigenvalue weighted by Gasteiger charge is -2.30. The van der Waals surface area contributed by atoms with Crippen LogP contribution in [0.15, 0.2) is 0 Å². The summed E-state index contributed by atoms with van der Waals surface area (Å²) in [5, 5.41) is 12.7. The van der Waals surface area contributed by atoms with Crippen LogP contribution in [0.25, 0.3) is 0 Å². The molecule has 0 amide bonds. The number of rotatable bonds is 2. The molecule has 0 aromatic carbocycles. The minimum absolute atomic E-state index is 0.226. The van der Waals surface area contributed by atoms with Crippen molar-refractivity contribution in [2.45, 2.75) is 38.5 Å². The highest BCUT2D eigenvalue weighted by molar-refractivity contribution is 4.79. The zero-order valence-corrected chi connectivity index (χ0v) is 7.21. The Morgan fingerprint density at radius 3 is 2.82 bits per heavy atom. The third kappa shape index (κ3) is 2.77. The lowest BCUT2D eigenvalue weighted by Crippen LogP contribution is -2.48. The molecule has 1 fully saturated rings. The van der Waals surface area contributed by atoms with Crippen molar-refractivity contribution in [3.05, 3.63) is 0 Å². The molecule has 0 spiro atoms. The predicted molar refractivity (Wildman–Crippen MR) is 43.5 cm³/mol. The highest BCUT2D eigenvalue weighted by Crippen LogP contribution is 2.07. The average molecular weight is 159 g/mol. The molecule has 0 aliphatic carbocycles. The van der Waals surface area contributed by atoms with Gasteiger partial charge in [0.25, 0.3) is 0 Å². The van der Waals surface area contributed by atoms with Crippen LogP contribution in [0.4, 0.5) is 0 Å². The Hall–Kier alpha value is -0.120. The van der Waals surface area contributed by atoms with Gasteiger partial charge in [0.1, 0.15) is 0 Å². The fourth-order valence-electron chi connectivity index (χ4n) is 1.35. The van der Waals surface area contributed by atoms with Gasteiger partial charge in [0, 0.05) is 18.7 Å². The molecule has 1 heterocycles. The topological polar surface area (TPSA) is 41.5 Å². The van der Waals surface area contributed by atoms with Crippen LogP contribution in [0.5, 0.6) is 0 Å². The maximum Gasteiger partial charge on any atom is 0.0927 e. The van der Waals surface area contributed by atoms with Gasteiger partial charge in [0.2, 0.25) is 0 Å². The summed E-state index contributed by atoms with van der Waals surface area (Å²) < 4.78 is 5.10. The molecule has 1 rings (SSSR count). The van der Waals surface area contributed by atoms with Gasteiger partial charge >= 0.3 is 0 Å². The summed E-state index contributed by atoms with van der Waals surface area (Å²) >= 11 is 0. The van der Waals surface area contributed by atoms with Gasteiger partial charge in [-0.1, -0.05) is 13.8 Å². The Morgan fingerprint density at radius 1 is 1.55 bits per heavy atom. The van der Waals surface area contributed by atoms with Crippen LogP contribution in [0.1, 0.15) is 20.3 Å². The Balaban J connectivity index is 2.29. The van der Waals surface area contributed by atoms with Gasteiger partial charge in [0.05, 0.1) is 12.7 Å². The van der Waals surface area contributed by atoms with Gasteiger partial charge in [-0.2, -0.15) is 0 Å². The van der Waals surface area contributed by atoms with E-state index in [2.05, 4.69) is 19.2 Å². The van der Waals surface area contributed by atoms with E-state index >= 15 is 0 Å². The second-order valence-corrected chi connectivity index (χ2v) is 3.36. The highest BCUT2D eigenvalue weighted by atomic mass is 16.5. The van der Waals surface area contributed by atoms with Crippen molar-refractivity contribution in [2.24, 2.45) is 0 Å². The summed E-state index contributed by atoms with van der Waals surface area (Å²) in [6, 6.07) is 0.663. The van der Waals surface area contributed by atoms with E-state index in [0.29, 0.717) is 12.6 Å². The lowest BCUT2D eigenvalue weighted by molar-refractivity contribution is -0.0294. The van der Waals surface area contributed by atoms with Crippen LogP contribution in [-0.4, -0.2) is 36.5 Å². The highest BCUT2D eigenvalue weighted by Gasteiger charge is 2.23. The number of aliphatic hydroxyl groups excluding tert-OH is 1. The molecule has 2 N–H and O–H groups in total. The molecular weight excluding hydrogens is 142 g/mol. The van der Waals surface area contributed by atoms with Gasteiger partial charge in [0.15, 0.2) is 0 Å². The van der Waals surface area contributed by atoms with E-state index < -0.39 is 0 Å². The average Bonchev–Trinajstić information content (AvgIpc) is 1.93. The first-order valence-corrected chi connectivity index (χ1v) is 4.22. The van der Waals surface area contributed by atoms with Gasteiger partial charge in [-0.05, 0) is 6.42 Å². The first-order chi connectivity index (χ1) is 5.20. The molecule has 3 heteroatoms. The molecule has 0 saturated carbocycles. The van der Waals surface area contributed by atoms with Gasteiger partial charge in [-0.3, -0.25) is 0 Å². The molecule has 11 heavy (non-hydrogen) atoms. The van der Waals surface area contributed by atoms with E-state index in [1.165, 1.54) is 0 Å². The van der Waals surface area contributed by atoms with Gasteiger partial charge in [-0.25, -0.2) is 0 Å². The molecule has 0 aromatic heterocycles. The molecule has 1 aliphatic rings. The Labute approximate surface area is 67.7 Å². The van der Waals surface area contributed by atoms with E-state index in [1.54, 1.807) is 0 Å². The Morgan fingerprint density at radius 2 is 2.27 bits per heavy atom. The van der Waals surface area contributed by atoms with Crippen LogP contribution >= 0.6 is 0 Å². The van der Waals surface area contributed by atoms with Crippen molar-refractivity contribution < 1.29 is 9.84 Å². The summed E-state index contributed by atoms with van der Waals surface area (Å²) in [4.78, 5) is 0. The molecule has 66 valence electrons. The van der Waals surface area contributed by atoms with Crippen molar-refractivity contribution in [3.8, 4) is 0 Å². The molecule has 3 nitrogen and oxygen atoms in total. The standard InChI is InChI=1S/C8H17NO2/c1-6(2)9-7-3-4-11-5-8(7)10/h6-10H,3-5H2,1-2H3. The smallest absolute Gasteiger partial charge is 0.0927 e. The largest absolute Gasteiger partial charge is 0.389 e. The summed E-state index contributed by atoms with van der Waals surface area (Å²) in [6.07, 6.45) is 0.588. The minimum Gasteiger partial charge on any atom is -0.389 e. The molecule has 1 saturated heterocycles. The summed E-state index contributed by atoms with van der Waals surface area (Å²) in [5.41, 5.74) is 0. The van der Waals surface area contributed by atoms with E-state index in [1.807, 2.05) is 0 Å². The number of hydrogen-bond acceptors (Lipinski definition) is 3. The second-order valence-electron chi connectivity index (χ2n) is 3.36. The van der Waals surface area contributed by atoms with E-state index in [4.69, 9.17) is 4.74 Å². The van der Waals surface area contributed by atoms with Crippen molar-refractivity contribution in [2.75, 3.05) is 13.2 Å². The fourth-order valence-corrected chi connectivity index (χ4v) is 1.35. The summed E-state index contributed by atoms with van der Waals surface area (Å²) in [5.74, 6) is 0. The molecule has 1 aliphatic heterocycles. The van der Waals surface area contributed by atoms with Crippen LogP contribution in [0.2, 0.25) is 0 Å². The third-order valence-electron chi connectivity index (χ3n) is 1.87. The lowest BCUT2D eigenvalue weighted by atomic mass is 10.1.